The Labute approximate surface area is 437 Å². The first-order valence-corrected chi connectivity index (χ1v) is 27.6. The smallest absolute Gasteiger partial charge is 0.293 e. The number of nitrogens with one attached hydrogen (secondary N) is 3. The van der Waals surface area contributed by atoms with Crippen molar-refractivity contribution >= 4 is 44.0 Å². The van der Waals surface area contributed by atoms with Gasteiger partial charge in [-0.3, -0.25) is 24.7 Å². The Bertz CT molecular complexity index is 3160. The van der Waals surface area contributed by atoms with Crippen molar-refractivity contribution in [3.8, 4) is 17.2 Å². The molecular formula is C57H67FN8O8S. The molecule has 2 saturated heterocycles. The second kappa shape index (κ2) is 21.2. The first-order valence-electron chi connectivity index (χ1n) is 26.2. The number of amides is 1. The molecule has 75 heavy (non-hydrogen) atoms. The van der Waals surface area contributed by atoms with E-state index in [4.69, 9.17) is 9.47 Å². The van der Waals surface area contributed by atoms with Gasteiger partial charge in [-0.15, -0.1) is 0 Å². The zero-order valence-electron chi connectivity index (χ0n) is 43.1. The van der Waals surface area contributed by atoms with Crippen molar-refractivity contribution in [1.82, 2.24) is 24.5 Å². The molecule has 4 aliphatic rings. The summed E-state index contributed by atoms with van der Waals surface area (Å²) in [4.78, 5) is 39.9. The third-order valence-corrected chi connectivity index (χ3v) is 17.7. The number of nitro groups is 1. The van der Waals surface area contributed by atoms with Gasteiger partial charge in [0, 0.05) is 81.9 Å². The molecule has 1 spiro atoms. The van der Waals surface area contributed by atoms with E-state index < -0.39 is 42.9 Å². The van der Waals surface area contributed by atoms with Crippen LogP contribution in [0.2, 0.25) is 0 Å². The Hall–Kier alpha value is -6.60. The number of benzene rings is 4. The molecule has 4 fully saturated rings. The number of carbonyl (C=O) groups excluding carboxylic acids is 1. The van der Waals surface area contributed by atoms with Gasteiger partial charge in [0.05, 0.1) is 39.7 Å². The van der Waals surface area contributed by atoms with Crippen molar-refractivity contribution in [2.24, 2.45) is 11.3 Å². The average Bonchev–Trinajstić information content (AvgIpc) is 3.76. The minimum atomic E-state index is -4.64. The van der Waals surface area contributed by atoms with Crippen LogP contribution in [0.4, 0.5) is 21.5 Å². The highest BCUT2D eigenvalue weighted by Crippen LogP contribution is 2.53. The van der Waals surface area contributed by atoms with Gasteiger partial charge in [-0.05, 0) is 135 Å². The van der Waals surface area contributed by atoms with Crippen molar-refractivity contribution in [1.29, 1.82) is 0 Å². The maximum absolute atomic E-state index is 14.7. The molecule has 18 heteroatoms. The lowest BCUT2D eigenvalue weighted by Gasteiger charge is -2.58. The van der Waals surface area contributed by atoms with Gasteiger partial charge in [-0.2, -0.15) is 0 Å². The minimum Gasteiger partial charge on any atom is -0.497 e. The van der Waals surface area contributed by atoms with Crippen molar-refractivity contribution in [2.45, 2.75) is 107 Å². The molecule has 2 aliphatic carbocycles. The molecule has 1 amide bonds. The Kier molecular flexibility index (Phi) is 14.7. The Morgan fingerprint density at radius 3 is 2.43 bits per heavy atom. The SMILES string of the molecule is COc1ccc(CN2CCN(C3CC4(CCN(c5ccc(C(=O)NS(=O)(=O)c6ccc(NC[C@H]7CC[C@](C)(O)CC7)c([N+](=O)[O-])c6)c(Oc6cnc7[nH]cc(F)c7c6)c5)CC4)C3)[C@@H](c3ccccc3C(C)C)C2)cc1. The van der Waals surface area contributed by atoms with Crippen LogP contribution in [0.25, 0.3) is 11.0 Å². The van der Waals surface area contributed by atoms with Crippen molar-refractivity contribution in [3.05, 3.63) is 142 Å². The lowest BCUT2D eigenvalue weighted by molar-refractivity contribution is -0.384. The molecule has 0 bridgehead atoms. The number of methoxy groups -OCH3 is 1. The number of aromatic nitrogens is 2. The van der Waals surface area contributed by atoms with Gasteiger partial charge in [0.25, 0.3) is 21.6 Å². The number of piperazine rings is 1. The van der Waals surface area contributed by atoms with Crippen LogP contribution in [-0.4, -0.2) is 102 Å². The summed E-state index contributed by atoms with van der Waals surface area (Å²) < 4.78 is 56.2. The normalized spacial score (nSPS) is 21.5. The zero-order valence-corrected chi connectivity index (χ0v) is 43.9. The molecule has 4 aromatic carbocycles. The van der Waals surface area contributed by atoms with Gasteiger partial charge in [0.2, 0.25) is 0 Å². The van der Waals surface area contributed by atoms with Crippen LogP contribution in [0.15, 0.2) is 108 Å². The first kappa shape index (κ1) is 51.9. The molecule has 4 N–H and O–H groups in total. The minimum absolute atomic E-state index is 0.0231. The number of rotatable bonds is 16. The number of nitrogens with zero attached hydrogens (tertiary/aromatic N) is 5. The van der Waals surface area contributed by atoms with Crippen LogP contribution in [-0.2, 0) is 16.6 Å². The number of fused-ring (bicyclic) bond motifs is 1. The summed E-state index contributed by atoms with van der Waals surface area (Å²) in [6.45, 7) is 12.1. The van der Waals surface area contributed by atoms with Crippen LogP contribution in [0.3, 0.4) is 0 Å². The van der Waals surface area contributed by atoms with E-state index in [9.17, 15) is 32.8 Å². The fourth-order valence-corrected chi connectivity index (χ4v) is 12.9. The summed E-state index contributed by atoms with van der Waals surface area (Å²) in [5.74, 6) is 0.0259. The monoisotopic (exact) mass is 1040 g/mol. The number of piperidine rings is 1. The Morgan fingerprint density at radius 2 is 1.71 bits per heavy atom. The van der Waals surface area contributed by atoms with E-state index in [2.05, 4.69) is 85.0 Å². The fourth-order valence-electron chi connectivity index (χ4n) is 11.9. The topological polar surface area (TPSA) is 195 Å². The van der Waals surface area contributed by atoms with E-state index in [0.717, 1.165) is 95.3 Å². The fraction of sp³-hybridized carbons (Fsp3) is 0.439. The van der Waals surface area contributed by atoms with E-state index in [0.29, 0.717) is 37.0 Å². The van der Waals surface area contributed by atoms with E-state index in [1.807, 2.05) is 12.1 Å². The number of hydrogen-bond donors (Lipinski definition) is 4. The lowest BCUT2D eigenvalue weighted by Crippen LogP contribution is -2.60. The second-order valence-electron chi connectivity index (χ2n) is 21.8. The van der Waals surface area contributed by atoms with Gasteiger partial charge in [0.1, 0.15) is 34.4 Å². The van der Waals surface area contributed by atoms with Gasteiger partial charge >= 0.3 is 0 Å². The van der Waals surface area contributed by atoms with E-state index in [1.54, 1.807) is 26.2 Å². The highest BCUT2D eigenvalue weighted by Gasteiger charge is 2.50. The maximum Gasteiger partial charge on any atom is 0.293 e. The number of carbonyl (C=O) groups is 1. The van der Waals surface area contributed by atoms with E-state index >= 15 is 0 Å². The Balaban J connectivity index is 0.837. The highest BCUT2D eigenvalue weighted by molar-refractivity contribution is 7.90. The number of H-pyrrole nitrogens is 1. The number of anilines is 2. The quantitative estimate of drug-likeness (QED) is 0.0529. The van der Waals surface area contributed by atoms with E-state index in [1.165, 1.54) is 53.3 Å². The van der Waals surface area contributed by atoms with Crippen LogP contribution in [0, 0.1) is 27.3 Å². The van der Waals surface area contributed by atoms with Gasteiger partial charge in [0.15, 0.2) is 0 Å². The molecule has 0 radical (unpaired) electrons. The molecule has 16 nitrogen and oxygen atoms in total. The molecule has 0 unspecified atom stereocenters. The highest BCUT2D eigenvalue weighted by atomic mass is 32.2. The molecule has 4 heterocycles. The van der Waals surface area contributed by atoms with E-state index in [-0.39, 0.29) is 45.5 Å². The van der Waals surface area contributed by atoms with Crippen molar-refractivity contribution in [2.75, 3.05) is 56.6 Å². The molecular weight excluding hydrogens is 976 g/mol. The molecule has 6 aromatic rings. The molecule has 2 aromatic heterocycles. The zero-order chi connectivity index (χ0) is 52.6. The molecule has 2 saturated carbocycles. The molecule has 396 valence electrons. The summed E-state index contributed by atoms with van der Waals surface area (Å²) in [5, 5.41) is 25.9. The number of halogens is 1. The summed E-state index contributed by atoms with van der Waals surface area (Å²) in [6.07, 6.45) is 9.47. The molecule has 2 aliphatic heterocycles. The van der Waals surface area contributed by atoms with Crippen molar-refractivity contribution < 1.29 is 37.1 Å². The third-order valence-electron chi connectivity index (χ3n) is 16.4. The number of ether oxygens (including phenoxy) is 2. The average molecular weight is 1040 g/mol. The summed E-state index contributed by atoms with van der Waals surface area (Å²) in [7, 11) is -2.95. The number of aromatic amines is 1. The third kappa shape index (κ3) is 11.3. The molecule has 1 atom stereocenters. The number of nitro benzene ring substituents is 1. The number of aliphatic hydroxyl groups is 1. The Morgan fingerprint density at radius 1 is 0.960 bits per heavy atom. The van der Waals surface area contributed by atoms with Gasteiger partial charge < -0.3 is 29.8 Å². The standard InChI is InChI=1S/C57H67FN8O8S/c1-37(2)45-7-5-6-8-46(45)52-36-63(35-39-9-12-42(73-4)13-10-39)25-26-65(52)41-30-57(31-41)21-23-64(24-22-57)40-11-15-47(53(27-40)74-43-28-48-49(58)34-61-54(48)60-33-43)55(67)62-75(71,72)44-14-16-50(51(29-44)66(69)70)59-32-38-17-19-56(3,68)20-18-38/h5-16,27-29,33-34,37-38,41,52,59,68H,17-26,30-32,35-36H2,1-4H3,(H,60,61)(H,62,67)/t38-,52-,56-/m1/s1. The van der Waals surface area contributed by atoms with Crippen LogP contribution < -0.4 is 24.4 Å². The summed E-state index contributed by atoms with van der Waals surface area (Å²) >= 11 is 0. The number of hydrogen-bond acceptors (Lipinski definition) is 13. The van der Waals surface area contributed by atoms with Crippen molar-refractivity contribution in [3.63, 3.8) is 0 Å². The van der Waals surface area contributed by atoms with Gasteiger partial charge in [-0.25, -0.2) is 22.5 Å². The molecule has 10 rings (SSSR count). The maximum atomic E-state index is 14.7. The predicted molar refractivity (Wildman–Crippen MR) is 287 cm³/mol. The van der Waals surface area contributed by atoms with Gasteiger partial charge in [-0.1, -0.05) is 50.2 Å². The largest absolute Gasteiger partial charge is 0.497 e. The predicted octanol–water partition coefficient (Wildman–Crippen LogP) is 10.3. The van der Waals surface area contributed by atoms with Crippen LogP contribution in [0.5, 0.6) is 17.2 Å². The van der Waals surface area contributed by atoms with Crippen LogP contribution >= 0.6 is 0 Å². The van der Waals surface area contributed by atoms with Crippen LogP contribution in [0.1, 0.15) is 111 Å². The second-order valence-corrected chi connectivity index (χ2v) is 23.5. The summed E-state index contributed by atoms with van der Waals surface area (Å²) in [6, 6.07) is 27.9. The number of pyridine rings is 1. The first-order chi connectivity index (χ1) is 35.9. The lowest BCUT2D eigenvalue weighted by atomic mass is 9.59. The number of sulfonamides is 1. The summed E-state index contributed by atoms with van der Waals surface area (Å²) in [5.41, 5.74) is 4.19.